The Balaban J connectivity index is 1.90. The number of hydrogen-bond acceptors (Lipinski definition) is 6. The van der Waals surface area contributed by atoms with E-state index in [1.54, 1.807) is 0 Å². The summed E-state index contributed by atoms with van der Waals surface area (Å²) in [5.41, 5.74) is 4.69. The first-order valence-electron chi connectivity index (χ1n) is 7.73. The largest absolute Gasteiger partial charge is 0.448 e. The van der Waals surface area contributed by atoms with Gasteiger partial charge in [-0.05, 0) is 36.9 Å². The van der Waals surface area contributed by atoms with Crippen molar-refractivity contribution in [3.8, 4) is 17.1 Å². The summed E-state index contributed by atoms with van der Waals surface area (Å²) in [6.07, 6.45) is 1.57. The van der Waals surface area contributed by atoms with Gasteiger partial charge in [-0.3, -0.25) is 0 Å². The molecular formula is C18H15BrN4OS. The fraction of sp³-hybridized carbons (Fsp3) is 0.167. The molecule has 0 saturated carbocycles. The van der Waals surface area contributed by atoms with Crippen LogP contribution in [0.25, 0.3) is 11.3 Å². The fourth-order valence-corrected chi connectivity index (χ4v) is 3.44. The highest BCUT2D eigenvalue weighted by Gasteiger charge is 2.26. The summed E-state index contributed by atoms with van der Waals surface area (Å²) in [4.78, 5) is 4.54. The standard InChI is InChI=1S/C18H15BrN4OS/c1-10-5-3-4-6-12(10)16-20-14-8-7-11(19)9-13(14)15-17(24-16)21-18(25-2)23-22-15/h3-9,16,20H,1-2H3. The summed E-state index contributed by atoms with van der Waals surface area (Å²) in [6, 6.07) is 14.1. The van der Waals surface area contributed by atoms with Gasteiger partial charge in [-0.25, -0.2) is 0 Å². The van der Waals surface area contributed by atoms with Crippen molar-refractivity contribution in [3.63, 3.8) is 0 Å². The number of aryl methyl sites for hydroxylation is 1. The minimum Gasteiger partial charge on any atom is -0.448 e. The smallest absolute Gasteiger partial charge is 0.247 e. The number of thioether (sulfide) groups is 1. The lowest BCUT2D eigenvalue weighted by Gasteiger charge is -2.21. The molecule has 2 heterocycles. The van der Waals surface area contributed by atoms with Crippen LogP contribution in [0.1, 0.15) is 17.4 Å². The normalized spacial score (nSPS) is 15.4. The van der Waals surface area contributed by atoms with Gasteiger partial charge in [-0.1, -0.05) is 52.0 Å². The molecule has 1 atom stereocenters. The van der Waals surface area contributed by atoms with Crippen molar-refractivity contribution in [2.24, 2.45) is 0 Å². The van der Waals surface area contributed by atoms with Crippen molar-refractivity contribution in [2.75, 3.05) is 11.6 Å². The summed E-state index contributed by atoms with van der Waals surface area (Å²) in [5.74, 6) is 0.483. The Bertz CT molecular complexity index is 950. The number of benzene rings is 2. The number of hydrogen-bond donors (Lipinski definition) is 1. The van der Waals surface area contributed by atoms with Crippen LogP contribution in [-0.4, -0.2) is 21.4 Å². The molecule has 2 aromatic carbocycles. The second-order valence-electron chi connectivity index (χ2n) is 5.64. The third-order valence-corrected chi connectivity index (χ3v) is 5.07. The van der Waals surface area contributed by atoms with Crippen molar-refractivity contribution in [1.29, 1.82) is 0 Å². The molecular weight excluding hydrogens is 400 g/mol. The summed E-state index contributed by atoms with van der Waals surface area (Å²) >= 11 is 4.96. The fourth-order valence-electron chi connectivity index (χ4n) is 2.78. The molecule has 1 aliphatic rings. The van der Waals surface area contributed by atoms with E-state index in [0.29, 0.717) is 16.7 Å². The van der Waals surface area contributed by atoms with E-state index < -0.39 is 0 Å². The maximum atomic E-state index is 6.24. The van der Waals surface area contributed by atoms with Crippen LogP contribution in [-0.2, 0) is 0 Å². The maximum absolute atomic E-state index is 6.24. The minimum absolute atomic E-state index is 0.353. The molecule has 25 heavy (non-hydrogen) atoms. The monoisotopic (exact) mass is 414 g/mol. The number of nitrogens with one attached hydrogen (secondary N) is 1. The molecule has 3 aromatic rings. The summed E-state index contributed by atoms with van der Waals surface area (Å²) in [7, 11) is 0. The lowest BCUT2D eigenvalue weighted by atomic mass is 10.1. The van der Waals surface area contributed by atoms with E-state index in [2.05, 4.69) is 55.5 Å². The van der Waals surface area contributed by atoms with E-state index in [0.717, 1.165) is 26.9 Å². The second-order valence-corrected chi connectivity index (χ2v) is 7.33. The van der Waals surface area contributed by atoms with E-state index in [1.807, 2.05) is 36.6 Å². The molecule has 1 N–H and O–H groups in total. The first-order chi connectivity index (χ1) is 12.2. The lowest BCUT2D eigenvalue weighted by molar-refractivity contribution is 0.224. The lowest BCUT2D eigenvalue weighted by Crippen LogP contribution is -2.18. The quantitative estimate of drug-likeness (QED) is 0.605. The Labute approximate surface area is 158 Å². The molecule has 0 fully saturated rings. The molecule has 1 aliphatic heterocycles. The molecule has 5 nitrogen and oxygen atoms in total. The highest BCUT2D eigenvalue weighted by molar-refractivity contribution is 9.10. The SMILES string of the molecule is CSc1nnc2c(n1)OC(c1ccccc1C)Nc1ccc(Br)cc1-2. The van der Waals surface area contributed by atoms with Crippen LogP contribution in [0, 0.1) is 6.92 Å². The number of rotatable bonds is 2. The van der Waals surface area contributed by atoms with Crippen molar-refractivity contribution in [1.82, 2.24) is 15.2 Å². The Morgan fingerprint density at radius 2 is 2.00 bits per heavy atom. The number of ether oxygens (including phenoxy) is 1. The maximum Gasteiger partial charge on any atom is 0.247 e. The molecule has 0 radical (unpaired) electrons. The molecule has 7 heteroatoms. The summed E-state index contributed by atoms with van der Waals surface area (Å²) < 4.78 is 7.20. The third-order valence-electron chi connectivity index (χ3n) is 4.04. The van der Waals surface area contributed by atoms with Crippen LogP contribution in [0.15, 0.2) is 52.1 Å². The molecule has 0 bridgehead atoms. The van der Waals surface area contributed by atoms with Gasteiger partial charge in [0.05, 0.1) is 0 Å². The molecule has 126 valence electrons. The molecule has 1 unspecified atom stereocenters. The average Bonchev–Trinajstić information content (AvgIpc) is 2.78. The van der Waals surface area contributed by atoms with Crippen molar-refractivity contribution in [3.05, 3.63) is 58.1 Å². The van der Waals surface area contributed by atoms with Crippen molar-refractivity contribution >= 4 is 33.4 Å². The first-order valence-corrected chi connectivity index (χ1v) is 9.75. The van der Waals surface area contributed by atoms with Gasteiger partial charge in [0.2, 0.25) is 11.0 Å². The number of anilines is 1. The van der Waals surface area contributed by atoms with Crippen LogP contribution in [0.3, 0.4) is 0 Å². The van der Waals surface area contributed by atoms with Gasteiger partial charge in [0.1, 0.15) is 0 Å². The third kappa shape index (κ3) is 3.09. The van der Waals surface area contributed by atoms with E-state index >= 15 is 0 Å². The number of nitrogens with zero attached hydrogens (tertiary/aromatic N) is 3. The highest BCUT2D eigenvalue weighted by Crippen LogP contribution is 2.41. The molecule has 0 saturated heterocycles. The van der Waals surface area contributed by atoms with Crippen LogP contribution in [0.5, 0.6) is 5.88 Å². The topological polar surface area (TPSA) is 59.9 Å². The van der Waals surface area contributed by atoms with Gasteiger partial charge in [0, 0.05) is 21.3 Å². The zero-order valence-corrected chi connectivity index (χ0v) is 16.1. The Morgan fingerprint density at radius 1 is 1.16 bits per heavy atom. The van der Waals surface area contributed by atoms with Crippen LogP contribution in [0.2, 0.25) is 0 Å². The van der Waals surface area contributed by atoms with Crippen molar-refractivity contribution < 1.29 is 4.74 Å². The number of halogens is 1. The van der Waals surface area contributed by atoms with Crippen LogP contribution in [0.4, 0.5) is 5.69 Å². The number of fused-ring (bicyclic) bond motifs is 3. The predicted octanol–water partition coefficient (Wildman–Crippen LogP) is 4.83. The predicted molar refractivity (Wildman–Crippen MR) is 103 cm³/mol. The highest BCUT2D eigenvalue weighted by atomic mass is 79.9. The molecule has 0 amide bonds. The van der Waals surface area contributed by atoms with Crippen molar-refractivity contribution in [2.45, 2.75) is 18.3 Å². The van der Waals surface area contributed by atoms with E-state index in [4.69, 9.17) is 4.74 Å². The average molecular weight is 415 g/mol. The van der Waals surface area contributed by atoms with E-state index in [-0.39, 0.29) is 6.23 Å². The van der Waals surface area contributed by atoms with Crippen LogP contribution >= 0.6 is 27.7 Å². The van der Waals surface area contributed by atoms with E-state index in [1.165, 1.54) is 11.8 Å². The zero-order chi connectivity index (χ0) is 17.4. The molecule has 0 spiro atoms. The van der Waals surface area contributed by atoms with Gasteiger partial charge < -0.3 is 10.1 Å². The zero-order valence-electron chi connectivity index (χ0n) is 13.7. The molecule has 1 aromatic heterocycles. The second kappa shape index (κ2) is 6.65. The molecule has 4 rings (SSSR count). The van der Waals surface area contributed by atoms with Gasteiger partial charge in [0.15, 0.2) is 11.9 Å². The molecule has 0 aliphatic carbocycles. The Hall–Kier alpha value is -2.12. The van der Waals surface area contributed by atoms with Gasteiger partial charge in [-0.2, -0.15) is 4.98 Å². The Kier molecular flexibility index (Phi) is 4.35. The summed E-state index contributed by atoms with van der Waals surface area (Å²) in [6.45, 7) is 2.07. The van der Waals surface area contributed by atoms with Gasteiger partial charge in [0.25, 0.3) is 0 Å². The van der Waals surface area contributed by atoms with Gasteiger partial charge in [-0.15, -0.1) is 10.2 Å². The van der Waals surface area contributed by atoms with Crippen LogP contribution < -0.4 is 10.1 Å². The van der Waals surface area contributed by atoms with E-state index in [9.17, 15) is 0 Å². The first kappa shape index (κ1) is 16.4. The minimum atomic E-state index is -0.353. The van der Waals surface area contributed by atoms with Gasteiger partial charge >= 0.3 is 0 Å². The number of aromatic nitrogens is 3. The summed E-state index contributed by atoms with van der Waals surface area (Å²) in [5, 5.41) is 12.6. The Morgan fingerprint density at radius 3 is 2.80 bits per heavy atom.